The lowest BCUT2D eigenvalue weighted by Crippen LogP contribution is -2.11. The van der Waals surface area contributed by atoms with Crippen molar-refractivity contribution in [1.29, 1.82) is 0 Å². The summed E-state index contributed by atoms with van der Waals surface area (Å²) in [5, 5.41) is 9.14. The van der Waals surface area contributed by atoms with Gasteiger partial charge in [-0.05, 0) is 66.0 Å². The van der Waals surface area contributed by atoms with E-state index in [9.17, 15) is 0 Å². The first-order valence-corrected chi connectivity index (χ1v) is 19.0. The predicted molar refractivity (Wildman–Crippen MR) is 233 cm³/mol. The lowest BCUT2D eigenvalue weighted by atomic mass is 9.98. The minimum absolute atomic E-state index is 0.836. The average molecular weight is 717 g/mol. The van der Waals surface area contributed by atoms with Gasteiger partial charge < -0.3 is 18.3 Å². The molecule has 0 unspecified atom stereocenters. The van der Waals surface area contributed by atoms with Crippen LogP contribution in [-0.4, -0.2) is 4.57 Å². The highest BCUT2D eigenvalue weighted by Crippen LogP contribution is 2.48. The fraction of sp³-hybridized carbons (Fsp3) is 0. The number of benzene rings is 9. The molecule has 9 aromatic carbocycles. The number of aromatic nitrogens is 1. The van der Waals surface area contributed by atoms with E-state index >= 15 is 0 Å². The standard InChI is InChI=1S/C52H32N2O2/c1-2-14-36-33(13-1)27-32-44-43-20-11-19-41(51(43)56-50(36)44)39-17-5-9-24-47(39)54(48-25-12-21-42-40-18-6-10-26-49(40)55-52(42)48)35-30-28-34(29-31-35)53-45-22-7-3-15-37(45)38-16-4-8-23-46(38)53/h1-32H. The number of furan rings is 2. The van der Waals surface area contributed by atoms with E-state index in [1.807, 2.05) is 12.1 Å². The summed E-state index contributed by atoms with van der Waals surface area (Å²) in [5.74, 6) is 0. The van der Waals surface area contributed by atoms with Gasteiger partial charge in [-0.3, -0.25) is 0 Å². The van der Waals surface area contributed by atoms with Crippen LogP contribution in [0.15, 0.2) is 203 Å². The zero-order valence-corrected chi connectivity index (χ0v) is 30.2. The number of hydrogen-bond acceptors (Lipinski definition) is 3. The number of para-hydroxylation sites is 6. The van der Waals surface area contributed by atoms with Gasteiger partial charge in [0, 0.05) is 60.2 Å². The number of hydrogen-bond donors (Lipinski definition) is 0. The van der Waals surface area contributed by atoms with E-state index in [2.05, 4.69) is 191 Å². The van der Waals surface area contributed by atoms with Gasteiger partial charge in [0.15, 0.2) is 5.58 Å². The fourth-order valence-corrected chi connectivity index (χ4v) is 8.90. The van der Waals surface area contributed by atoms with Gasteiger partial charge in [-0.25, -0.2) is 0 Å². The molecular formula is C52H32N2O2. The molecule has 0 saturated carbocycles. The molecule has 12 rings (SSSR count). The Kier molecular flexibility index (Phi) is 6.60. The van der Waals surface area contributed by atoms with Crippen LogP contribution < -0.4 is 4.90 Å². The molecule has 3 aromatic heterocycles. The Balaban J connectivity index is 1.10. The Morgan fingerprint density at radius 3 is 1.71 bits per heavy atom. The van der Waals surface area contributed by atoms with Gasteiger partial charge in [-0.1, -0.05) is 133 Å². The maximum Gasteiger partial charge on any atom is 0.159 e. The predicted octanol–water partition coefficient (Wildman–Crippen LogP) is 14.9. The van der Waals surface area contributed by atoms with Crippen LogP contribution in [0, 0.1) is 0 Å². The topological polar surface area (TPSA) is 34.5 Å². The maximum absolute atomic E-state index is 6.90. The Labute approximate surface area is 321 Å². The van der Waals surface area contributed by atoms with E-state index in [1.165, 1.54) is 21.8 Å². The van der Waals surface area contributed by atoms with Gasteiger partial charge in [0.2, 0.25) is 0 Å². The molecule has 0 bridgehead atoms. The summed E-state index contributed by atoms with van der Waals surface area (Å²) in [6, 6.07) is 68.9. The summed E-state index contributed by atoms with van der Waals surface area (Å²) >= 11 is 0. The first-order valence-electron chi connectivity index (χ1n) is 19.0. The largest absolute Gasteiger partial charge is 0.455 e. The molecule has 0 N–H and O–H groups in total. The SMILES string of the molecule is c1ccc(N(c2ccc(-n3c4ccccc4c4ccccc43)cc2)c2cccc3c2oc2ccccc23)c(-c2cccc3c2oc2c4ccccc4ccc32)c1. The van der Waals surface area contributed by atoms with Crippen molar-refractivity contribution in [3.8, 4) is 16.8 Å². The quantitative estimate of drug-likeness (QED) is 0.178. The molecule has 0 fully saturated rings. The van der Waals surface area contributed by atoms with Crippen LogP contribution in [0.3, 0.4) is 0 Å². The molecule has 0 aliphatic rings. The van der Waals surface area contributed by atoms with Crippen molar-refractivity contribution in [3.63, 3.8) is 0 Å². The molecule has 4 nitrogen and oxygen atoms in total. The third kappa shape index (κ3) is 4.47. The van der Waals surface area contributed by atoms with Crippen LogP contribution in [0.2, 0.25) is 0 Å². The monoisotopic (exact) mass is 716 g/mol. The maximum atomic E-state index is 6.90. The van der Waals surface area contributed by atoms with E-state index in [0.29, 0.717) is 0 Å². The number of anilines is 3. The summed E-state index contributed by atoms with van der Waals surface area (Å²) in [6.45, 7) is 0. The van der Waals surface area contributed by atoms with Crippen LogP contribution in [0.5, 0.6) is 0 Å². The molecule has 0 spiro atoms. The molecule has 0 saturated heterocycles. The molecule has 3 heterocycles. The first-order chi connectivity index (χ1) is 27.8. The number of fused-ring (bicyclic) bond motifs is 11. The summed E-state index contributed by atoms with van der Waals surface area (Å²) in [6.07, 6.45) is 0. The van der Waals surface area contributed by atoms with Gasteiger partial charge in [0.25, 0.3) is 0 Å². The smallest absolute Gasteiger partial charge is 0.159 e. The number of rotatable bonds is 5. The first kappa shape index (κ1) is 30.9. The fourth-order valence-electron chi connectivity index (χ4n) is 8.90. The van der Waals surface area contributed by atoms with Crippen molar-refractivity contribution in [2.45, 2.75) is 0 Å². The van der Waals surface area contributed by atoms with Crippen molar-refractivity contribution in [1.82, 2.24) is 4.57 Å². The van der Waals surface area contributed by atoms with Crippen molar-refractivity contribution in [2.75, 3.05) is 4.90 Å². The Bertz CT molecular complexity index is 3440. The van der Waals surface area contributed by atoms with Gasteiger partial charge in [-0.15, -0.1) is 0 Å². The van der Waals surface area contributed by atoms with Crippen LogP contribution in [0.1, 0.15) is 0 Å². The van der Waals surface area contributed by atoms with E-state index in [1.54, 1.807) is 0 Å². The minimum atomic E-state index is 0.836. The molecular weight excluding hydrogens is 685 g/mol. The van der Waals surface area contributed by atoms with Crippen LogP contribution >= 0.6 is 0 Å². The highest BCUT2D eigenvalue weighted by molar-refractivity contribution is 6.18. The van der Waals surface area contributed by atoms with Gasteiger partial charge >= 0.3 is 0 Å². The minimum Gasteiger partial charge on any atom is -0.455 e. The zero-order valence-electron chi connectivity index (χ0n) is 30.2. The zero-order chi connectivity index (χ0) is 36.7. The second-order valence-electron chi connectivity index (χ2n) is 14.4. The van der Waals surface area contributed by atoms with Crippen LogP contribution in [0.25, 0.3) is 93.3 Å². The van der Waals surface area contributed by atoms with Crippen molar-refractivity contribution < 1.29 is 8.83 Å². The third-order valence-corrected chi connectivity index (χ3v) is 11.4. The van der Waals surface area contributed by atoms with Crippen LogP contribution in [0.4, 0.5) is 17.1 Å². The number of nitrogens with zero attached hydrogens (tertiary/aromatic N) is 2. The summed E-state index contributed by atoms with van der Waals surface area (Å²) in [4.78, 5) is 2.34. The van der Waals surface area contributed by atoms with E-state index in [4.69, 9.17) is 8.83 Å². The molecule has 0 radical (unpaired) electrons. The second kappa shape index (κ2) is 12.0. The summed E-state index contributed by atoms with van der Waals surface area (Å²) < 4.78 is 16.0. The van der Waals surface area contributed by atoms with Crippen molar-refractivity contribution in [2.24, 2.45) is 0 Å². The lowest BCUT2D eigenvalue weighted by molar-refractivity contribution is 0.669. The normalized spacial score (nSPS) is 11.9. The molecule has 0 atom stereocenters. The Morgan fingerprint density at radius 2 is 0.911 bits per heavy atom. The average Bonchev–Trinajstić information content (AvgIpc) is 3.95. The molecule has 12 aromatic rings. The highest BCUT2D eigenvalue weighted by Gasteiger charge is 2.24. The summed E-state index contributed by atoms with van der Waals surface area (Å²) in [5.41, 5.74) is 12.0. The lowest BCUT2D eigenvalue weighted by Gasteiger charge is -2.28. The molecule has 0 aliphatic carbocycles. The van der Waals surface area contributed by atoms with E-state index in [-0.39, 0.29) is 0 Å². The molecule has 262 valence electrons. The van der Waals surface area contributed by atoms with E-state index < -0.39 is 0 Å². The second-order valence-corrected chi connectivity index (χ2v) is 14.4. The molecule has 0 aliphatic heterocycles. The molecule has 4 heteroatoms. The Hall–Kier alpha value is -7.56. The third-order valence-electron chi connectivity index (χ3n) is 11.4. The molecule has 0 amide bonds. The summed E-state index contributed by atoms with van der Waals surface area (Å²) in [7, 11) is 0. The molecule has 56 heavy (non-hydrogen) atoms. The van der Waals surface area contributed by atoms with Gasteiger partial charge in [-0.2, -0.15) is 0 Å². The van der Waals surface area contributed by atoms with Crippen LogP contribution in [-0.2, 0) is 0 Å². The van der Waals surface area contributed by atoms with Gasteiger partial charge in [0.05, 0.1) is 22.4 Å². The van der Waals surface area contributed by atoms with Crippen molar-refractivity contribution >= 4 is 93.5 Å². The van der Waals surface area contributed by atoms with Crippen molar-refractivity contribution in [3.05, 3.63) is 194 Å². The Morgan fingerprint density at radius 1 is 0.339 bits per heavy atom. The van der Waals surface area contributed by atoms with Gasteiger partial charge in [0.1, 0.15) is 16.7 Å². The highest BCUT2D eigenvalue weighted by atomic mass is 16.3. The van der Waals surface area contributed by atoms with E-state index in [0.717, 1.165) is 88.5 Å².